The van der Waals surface area contributed by atoms with Crippen LogP contribution in [0.15, 0.2) is 66.3 Å². The first-order valence-electron chi connectivity index (χ1n) is 11.4. The standard InChI is InChI=1S/C28H30O6/c29-13-1-3-19-5-7-25(32)22(15-19)10-12-28-11-9-21(18-31)17-24(28)23-16-20(4-2-14-30)6-8-26(23)34-27(28)33/h1-8,10,12,15-17,24,27,29-33H,9,11,13-14,18H2/b3-1+,4-2+,12-10+/t24-,27+,28+/m0/s1. The van der Waals surface area contributed by atoms with Gasteiger partial charge in [0.05, 0.1) is 25.2 Å². The van der Waals surface area contributed by atoms with Gasteiger partial charge in [-0.15, -0.1) is 0 Å². The topological polar surface area (TPSA) is 110 Å². The van der Waals surface area contributed by atoms with E-state index in [-0.39, 0.29) is 31.5 Å². The van der Waals surface area contributed by atoms with Crippen LogP contribution in [-0.2, 0) is 0 Å². The molecule has 2 aromatic rings. The lowest BCUT2D eigenvalue weighted by atomic mass is 9.62. The highest BCUT2D eigenvalue weighted by atomic mass is 16.6. The molecule has 1 heterocycles. The molecule has 0 saturated heterocycles. The number of fused-ring (bicyclic) bond motifs is 3. The van der Waals surface area contributed by atoms with E-state index in [1.165, 1.54) is 0 Å². The van der Waals surface area contributed by atoms with Crippen molar-refractivity contribution in [1.82, 2.24) is 0 Å². The molecular formula is C28H30O6. The average molecular weight is 463 g/mol. The van der Waals surface area contributed by atoms with Gasteiger partial charge in [-0.25, -0.2) is 0 Å². The van der Waals surface area contributed by atoms with Crippen molar-refractivity contribution in [3.05, 3.63) is 88.5 Å². The minimum absolute atomic E-state index is 0.0489. The van der Waals surface area contributed by atoms with Gasteiger partial charge in [-0.3, -0.25) is 0 Å². The first-order chi connectivity index (χ1) is 16.5. The zero-order chi connectivity index (χ0) is 24.1. The molecule has 0 saturated carbocycles. The van der Waals surface area contributed by atoms with E-state index in [4.69, 9.17) is 14.9 Å². The van der Waals surface area contributed by atoms with E-state index in [1.54, 1.807) is 36.4 Å². The Morgan fingerprint density at radius 1 is 0.941 bits per heavy atom. The number of rotatable bonds is 7. The third-order valence-electron chi connectivity index (χ3n) is 6.59. The third kappa shape index (κ3) is 4.72. The fraction of sp³-hybridized carbons (Fsp3) is 0.286. The number of phenols is 1. The summed E-state index contributed by atoms with van der Waals surface area (Å²) in [7, 11) is 0. The smallest absolute Gasteiger partial charge is 0.207 e. The van der Waals surface area contributed by atoms with Crippen molar-refractivity contribution in [2.75, 3.05) is 19.8 Å². The summed E-state index contributed by atoms with van der Waals surface area (Å²) in [6, 6.07) is 10.8. The van der Waals surface area contributed by atoms with Gasteiger partial charge in [0.25, 0.3) is 0 Å². The van der Waals surface area contributed by atoms with E-state index in [0.717, 1.165) is 22.3 Å². The maximum absolute atomic E-state index is 11.2. The number of hydrogen-bond acceptors (Lipinski definition) is 6. The Bertz CT molecular complexity index is 1150. The van der Waals surface area contributed by atoms with Crippen molar-refractivity contribution in [1.29, 1.82) is 0 Å². The predicted molar refractivity (Wildman–Crippen MR) is 132 cm³/mol. The van der Waals surface area contributed by atoms with Crippen LogP contribution in [0, 0.1) is 5.41 Å². The first-order valence-corrected chi connectivity index (χ1v) is 11.4. The maximum Gasteiger partial charge on any atom is 0.207 e. The van der Waals surface area contributed by atoms with Gasteiger partial charge in [0.1, 0.15) is 11.5 Å². The molecule has 5 N–H and O–H groups in total. The van der Waals surface area contributed by atoms with Crippen molar-refractivity contribution >= 4 is 18.2 Å². The van der Waals surface area contributed by atoms with E-state index in [1.807, 2.05) is 42.5 Å². The van der Waals surface area contributed by atoms with Crippen LogP contribution in [0.25, 0.3) is 18.2 Å². The zero-order valence-corrected chi connectivity index (χ0v) is 18.8. The molecule has 1 aliphatic carbocycles. The highest BCUT2D eigenvalue weighted by Crippen LogP contribution is 2.55. The second-order valence-electron chi connectivity index (χ2n) is 8.66. The number of hydrogen-bond donors (Lipinski definition) is 5. The second kappa shape index (κ2) is 10.4. The molecule has 0 radical (unpaired) electrons. The lowest BCUT2D eigenvalue weighted by Crippen LogP contribution is -2.47. The Labute approximate surface area is 199 Å². The lowest BCUT2D eigenvalue weighted by molar-refractivity contribution is -0.117. The van der Waals surface area contributed by atoms with Crippen LogP contribution >= 0.6 is 0 Å². The molecule has 0 amide bonds. The summed E-state index contributed by atoms with van der Waals surface area (Å²) in [5.41, 5.74) is 3.32. The quantitative estimate of drug-likeness (QED) is 0.402. The first kappa shape index (κ1) is 24.0. The Morgan fingerprint density at radius 2 is 1.65 bits per heavy atom. The molecule has 0 spiro atoms. The molecule has 0 aromatic heterocycles. The Kier molecular flexibility index (Phi) is 7.34. The predicted octanol–water partition coefficient (Wildman–Crippen LogP) is 3.61. The summed E-state index contributed by atoms with van der Waals surface area (Å²) < 4.78 is 5.97. The van der Waals surface area contributed by atoms with Crippen LogP contribution in [0.1, 0.15) is 41.0 Å². The summed E-state index contributed by atoms with van der Waals surface area (Å²) in [6.45, 7) is -0.186. The van der Waals surface area contributed by atoms with E-state index in [9.17, 15) is 15.3 Å². The normalized spacial score (nSPS) is 24.3. The number of aliphatic hydroxyl groups is 4. The molecule has 2 aromatic carbocycles. The molecule has 6 heteroatoms. The highest BCUT2D eigenvalue weighted by Gasteiger charge is 2.50. The number of benzene rings is 2. The number of ether oxygens (including phenoxy) is 1. The molecule has 1 aliphatic heterocycles. The van der Waals surface area contributed by atoms with Crippen LogP contribution in [0.3, 0.4) is 0 Å². The molecule has 0 fully saturated rings. The number of aliphatic hydroxyl groups excluding tert-OH is 4. The van der Waals surface area contributed by atoms with Gasteiger partial charge in [-0.05, 0) is 53.8 Å². The summed E-state index contributed by atoms with van der Waals surface area (Å²) in [4.78, 5) is 0. The molecule has 6 nitrogen and oxygen atoms in total. The van der Waals surface area contributed by atoms with E-state index in [2.05, 4.69) is 0 Å². The molecule has 2 aliphatic rings. The maximum atomic E-state index is 11.2. The molecule has 0 unspecified atom stereocenters. The van der Waals surface area contributed by atoms with Gasteiger partial charge >= 0.3 is 0 Å². The van der Waals surface area contributed by atoms with Crippen molar-refractivity contribution in [2.45, 2.75) is 25.0 Å². The minimum Gasteiger partial charge on any atom is -0.507 e. The molecule has 4 rings (SSSR count). The largest absolute Gasteiger partial charge is 0.507 e. The molecule has 3 atom stereocenters. The number of aromatic hydroxyl groups is 1. The minimum atomic E-state index is -1.11. The summed E-state index contributed by atoms with van der Waals surface area (Å²) in [5, 5.41) is 49.6. The Morgan fingerprint density at radius 3 is 2.35 bits per heavy atom. The van der Waals surface area contributed by atoms with Crippen molar-refractivity contribution in [2.24, 2.45) is 5.41 Å². The van der Waals surface area contributed by atoms with Crippen LogP contribution < -0.4 is 4.74 Å². The fourth-order valence-corrected chi connectivity index (χ4v) is 4.75. The fourth-order valence-electron chi connectivity index (χ4n) is 4.75. The van der Waals surface area contributed by atoms with Gasteiger partial charge in [-0.1, -0.05) is 54.7 Å². The van der Waals surface area contributed by atoms with E-state index in [0.29, 0.717) is 24.2 Å². The van der Waals surface area contributed by atoms with Crippen molar-refractivity contribution < 1.29 is 30.3 Å². The van der Waals surface area contributed by atoms with Gasteiger partial charge in [0, 0.05) is 17.0 Å². The van der Waals surface area contributed by atoms with Gasteiger partial charge in [0.15, 0.2) is 0 Å². The molecule has 178 valence electrons. The van der Waals surface area contributed by atoms with Gasteiger partial charge in [0.2, 0.25) is 6.29 Å². The Balaban J connectivity index is 1.79. The van der Waals surface area contributed by atoms with Gasteiger partial charge in [-0.2, -0.15) is 0 Å². The molecule has 34 heavy (non-hydrogen) atoms. The Hall–Kier alpha value is -3.16. The summed E-state index contributed by atoms with van der Waals surface area (Å²) in [6.07, 6.45) is 12.6. The van der Waals surface area contributed by atoms with E-state index >= 15 is 0 Å². The second-order valence-corrected chi connectivity index (χ2v) is 8.66. The highest BCUT2D eigenvalue weighted by molar-refractivity contribution is 5.64. The number of allylic oxidation sites excluding steroid dienone is 1. The van der Waals surface area contributed by atoms with Crippen LogP contribution in [0.5, 0.6) is 11.5 Å². The molecule has 0 bridgehead atoms. The SMILES string of the molecule is OC/C=C/c1ccc(O)c(/C=C/[C@]23CCC(CO)=C[C@H]2c2cc(/C=C/CO)ccc2O[C@H]3O)c1. The average Bonchev–Trinajstić information content (AvgIpc) is 2.86. The summed E-state index contributed by atoms with van der Waals surface area (Å²) >= 11 is 0. The zero-order valence-electron chi connectivity index (χ0n) is 18.8. The molecular weight excluding hydrogens is 432 g/mol. The van der Waals surface area contributed by atoms with Crippen molar-refractivity contribution in [3.8, 4) is 11.5 Å². The van der Waals surface area contributed by atoms with Crippen LogP contribution in [-0.4, -0.2) is 51.6 Å². The van der Waals surface area contributed by atoms with E-state index < -0.39 is 11.7 Å². The van der Waals surface area contributed by atoms with Gasteiger partial charge < -0.3 is 30.3 Å². The van der Waals surface area contributed by atoms with Crippen LogP contribution in [0.2, 0.25) is 0 Å². The van der Waals surface area contributed by atoms with Crippen LogP contribution in [0.4, 0.5) is 0 Å². The van der Waals surface area contributed by atoms with Crippen molar-refractivity contribution in [3.63, 3.8) is 0 Å². The number of phenolic OH excluding ortho intramolecular Hbond substituents is 1. The third-order valence-corrected chi connectivity index (χ3v) is 6.59. The summed E-state index contributed by atoms with van der Waals surface area (Å²) in [5.74, 6) is 0.438. The monoisotopic (exact) mass is 462 g/mol. The lowest BCUT2D eigenvalue weighted by Gasteiger charge is -2.47.